The van der Waals surface area contributed by atoms with Crippen LogP contribution in [0.5, 0.6) is 0 Å². The van der Waals surface area contributed by atoms with Crippen LogP contribution in [0.2, 0.25) is 0 Å². The normalized spacial score (nSPS) is 20.4. The van der Waals surface area contributed by atoms with E-state index < -0.39 is 0 Å². The number of hydrogen-bond donors (Lipinski definition) is 2. The summed E-state index contributed by atoms with van der Waals surface area (Å²) in [7, 11) is 0. The molecule has 168 valence electrons. The van der Waals surface area contributed by atoms with Crippen LogP contribution >= 0.6 is 0 Å². The first-order chi connectivity index (χ1) is 15.9. The lowest BCUT2D eigenvalue weighted by atomic mass is 9.93. The molecule has 9 heteroatoms. The monoisotopic (exact) mass is 443 g/mol. The molecule has 33 heavy (non-hydrogen) atoms. The van der Waals surface area contributed by atoms with Crippen molar-refractivity contribution < 1.29 is 9.53 Å². The number of benzene rings is 1. The lowest BCUT2D eigenvalue weighted by Crippen LogP contribution is -2.56. The van der Waals surface area contributed by atoms with Gasteiger partial charge in [-0.25, -0.2) is 14.5 Å². The Hall–Kier alpha value is -3.58. The zero-order valence-corrected chi connectivity index (χ0v) is 18.6. The van der Waals surface area contributed by atoms with Gasteiger partial charge < -0.3 is 10.5 Å². The molecule has 1 aromatic carbocycles. The molecule has 0 bridgehead atoms. The van der Waals surface area contributed by atoms with E-state index in [1.165, 1.54) is 0 Å². The molecule has 5 rings (SSSR count). The average Bonchev–Trinajstić information content (AvgIpc) is 3.41. The van der Waals surface area contributed by atoms with Gasteiger partial charge in [-0.1, -0.05) is 6.07 Å². The van der Waals surface area contributed by atoms with Gasteiger partial charge in [0.15, 0.2) is 5.82 Å². The maximum absolute atomic E-state index is 11.9. The molecule has 1 fully saturated rings. The summed E-state index contributed by atoms with van der Waals surface area (Å²) in [5.41, 5.74) is 12.6. The quantitative estimate of drug-likeness (QED) is 0.586. The Kier molecular flexibility index (Phi) is 5.42. The number of nitrogens with two attached hydrogens (primary N) is 1. The SMILES string of the molecule is Cc1c(C#N)ccnc1-n1cc(CN2C[C@@H](c3ccc4c(c3C)COC4=O)N[C@@H](N)C2)cn1. The third-order valence-corrected chi connectivity index (χ3v) is 6.45. The average molecular weight is 444 g/mol. The van der Waals surface area contributed by atoms with Crippen LogP contribution in [0.15, 0.2) is 36.8 Å². The molecule has 4 heterocycles. The van der Waals surface area contributed by atoms with Crippen LogP contribution in [-0.2, 0) is 17.9 Å². The molecule has 3 N–H and O–H groups in total. The molecule has 2 atom stereocenters. The van der Waals surface area contributed by atoms with Gasteiger partial charge in [0.25, 0.3) is 0 Å². The Morgan fingerprint density at radius 3 is 2.94 bits per heavy atom. The molecule has 1 saturated heterocycles. The van der Waals surface area contributed by atoms with E-state index in [0.29, 0.717) is 36.6 Å². The first kappa shape index (κ1) is 21.3. The maximum atomic E-state index is 11.9. The predicted molar refractivity (Wildman–Crippen MR) is 120 cm³/mol. The van der Waals surface area contributed by atoms with Crippen molar-refractivity contribution in [2.75, 3.05) is 13.1 Å². The van der Waals surface area contributed by atoms with Crippen molar-refractivity contribution in [1.29, 1.82) is 5.26 Å². The van der Waals surface area contributed by atoms with Crippen LogP contribution in [0, 0.1) is 25.2 Å². The van der Waals surface area contributed by atoms with Crippen molar-refractivity contribution in [2.45, 2.75) is 39.2 Å². The van der Waals surface area contributed by atoms with Crippen molar-refractivity contribution in [3.63, 3.8) is 0 Å². The Morgan fingerprint density at radius 2 is 2.12 bits per heavy atom. The van der Waals surface area contributed by atoms with Gasteiger partial charge in [0, 0.05) is 54.8 Å². The summed E-state index contributed by atoms with van der Waals surface area (Å²) < 4.78 is 6.92. The third-order valence-electron chi connectivity index (χ3n) is 6.45. The number of nitriles is 1. The highest BCUT2D eigenvalue weighted by molar-refractivity contribution is 5.94. The van der Waals surface area contributed by atoms with Crippen molar-refractivity contribution >= 4 is 5.97 Å². The Morgan fingerprint density at radius 1 is 1.27 bits per heavy atom. The van der Waals surface area contributed by atoms with Gasteiger partial charge >= 0.3 is 5.97 Å². The van der Waals surface area contributed by atoms with Crippen LogP contribution in [-0.4, -0.2) is 44.9 Å². The van der Waals surface area contributed by atoms with E-state index in [0.717, 1.165) is 34.4 Å². The highest BCUT2D eigenvalue weighted by Crippen LogP contribution is 2.30. The minimum Gasteiger partial charge on any atom is -0.457 e. The third kappa shape index (κ3) is 3.89. The Balaban J connectivity index is 1.35. The van der Waals surface area contributed by atoms with E-state index in [2.05, 4.69) is 26.4 Å². The number of rotatable bonds is 4. The largest absolute Gasteiger partial charge is 0.457 e. The van der Waals surface area contributed by atoms with Gasteiger partial charge in [0.05, 0.1) is 29.6 Å². The topological polar surface area (TPSA) is 122 Å². The van der Waals surface area contributed by atoms with Gasteiger partial charge in [-0.2, -0.15) is 10.4 Å². The molecule has 2 aliphatic heterocycles. The van der Waals surface area contributed by atoms with Crippen LogP contribution in [0.1, 0.15) is 49.8 Å². The van der Waals surface area contributed by atoms with Gasteiger partial charge in [-0.15, -0.1) is 0 Å². The molecular weight excluding hydrogens is 418 g/mol. The number of esters is 1. The minimum atomic E-state index is -0.253. The fourth-order valence-corrected chi connectivity index (χ4v) is 4.73. The summed E-state index contributed by atoms with van der Waals surface area (Å²) in [6.07, 6.45) is 5.22. The standard InChI is InChI=1S/C24H25N7O2/c1-14-17(7-25)5-6-27-23(14)31-10-16(8-28-31)9-30-11-21(29-22(26)12-30)18-3-4-19-20(15(18)2)13-33-24(19)32/h3-6,8,10,21-22,29H,9,11-13,26H2,1-2H3/t21-,22+/m0/s1. The molecular formula is C24H25N7O2. The fraction of sp³-hybridized carbons (Fsp3) is 0.333. The van der Waals surface area contributed by atoms with Crippen molar-refractivity contribution in [3.05, 3.63) is 75.7 Å². The zero-order chi connectivity index (χ0) is 23.1. The number of pyridine rings is 1. The number of piperazine rings is 1. The Bertz CT molecular complexity index is 1280. The zero-order valence-electron chi connectivity index (χ0n) is 18.6. The first-order valence-electron chi connectivity index (χ1n) is 10.9. The van der Waals surface area contributed by atoms with E-state index >= 15 is 0 Å². The Labute approximate surface area is 191 Å². The van der Waals surface area contributed by atoms with Gasteiger partial charge in [0.2, 0.25) is 0 Å². The lowest BCUT2D eigenvalue weighted by Gasteiger charge is -2.38. The van der Waals surface area contributed by atoms with Crippen molar-refractivity contribution in [3.8, 4) is 11.9 Å². The molecule has 2 aromatic heterocycles. The second-order valence-electron chi connectivity index (χ2n) is 8.61. The summed E-state index contributed by atoms with van der Waals surface area (Å²) in [5, 5.41) is 17.2. The summed E-state index contributed by atoms with van der Waals surface area (Å²) >= 11 is 0. The van der Waals surface area contributed by atoms with Gasteiger partial charge in [-0.3, -0.25) is 10.2 Å². The second-order valence-corrected chi connectivity index (χ2v) is 8.61. The second kappa shape index (κ2) is 8.41. The first-order valence-corrected chi connectivity index (χ1v) is 10.9. The van der Waals surface area contributed by atoms with Crippen LogP contribution < -0.4 is 11.1 Å². The molecule has 0 aliphatic carbocycles. The number of cyclic esters (lactones) is 1. The maximum Gasteiger partial charge on any atom is 0.338 e. The van der Waals surface area contributed by atoms with E-state index in [1.54, 1.807) is 16.9 Å². The number of hydrogen-bond acceptors (Lipinski definition) is 8. The van der Waals surface area contributed by atoms with Crippen LogP contribution in [0.25, 0.3) is 5.82 Å². The van der Waals surface area contributed by atoms with E-state index in [4.69, 9.17) is 10.5 Å². The number of ether oxygens (including phenoxy) is 1. The van der Waals surface area contributed by atoms with Crippen molar-refractivity contribution in [1.82, 2.24) is 25.0 Å². The molecule has 0 saturated carbocycles. The van der Waals surface area contributed by atoms with Crippen LogP contribution in [0.4, 0.5) is 0 Å². The summed E-state index contributed by atoms with van der Waals surface area (Å²) in [5.74, 6) is 0.400. The number of fused-ring (bicyclic) bond motifs is 1. The molecule has 0 spiro atoms. The molecule has 0 amide bonds. The lowest BCUT2D eigenvalue weighted by molar-refractivity contribution is 0.0535. The fourth-order valence-electron chi connectivity index (χ4n) is 4.73. The molecule has 0 radical (unpaired) electrons. The smallest absolute Gasteiger partial charge is 0.338 e. The summed E-state index contributed by atoms with van der Waals surface area (Å²) in [6, 6.07) is 7.79. The highest BCUT2D eigenvalue weighted by atomic mass is 16.5. The van der Waals surface area contributed by atoms with E-state index in [9.17, 15) is 10.1 Å². The highest BCUT2D eigenvalue weighted by Gasteiger charge is 2.30. The molecule has 2 aliphatic rings. The van der Waals surface area contributed by atoms with Crippen LogP contribution in [0.3, 0.4) is 0 Å². The van der Waals surface area contributed by atoms with E-state index in [1.807, 2.05) is 38.4 Å². The number of carbonyl (C=O) groups is 1. The molecule has 3 aromatic rings. The molecule has 0 unspecified atom stereocenters. The molecule has 9 nitrogen and oxygen atoms in total. The number of carbonyl (C=O) groups excluding carboxylic acids is 1. The number of nitrogens with one attached hydrogen (secondary N) is 1. The van der Waals surface area contributed by atoms with Gasteiger partial charge in [-0.05, 0) is 37.1 Å². The van der Waals surface area contributed by atoms with Crippen molar-refractivity contribution in [2.24, 2.45) is 5.73 Å². The van der Waals surface area contributed by atoms with Gasteiger partial charge in [0.1, 0.15) is 6.61 Å². The predicted octanol–water partition coefficient (Wildman–Crippen LogP) is 1.86. The minimum absolute atomic E-state index is 0.0426. The summed E-state index contributed by atoms with van der Waals surface area (Å²) in [4.78, 5) is 18.6. The number of nitrogens with zero attached hydrogens (tertiary/aromatic N) is 5. The summed E-state index contributed by atoms with van der Waals surface area (Å²) in [6.45, 7) is 6.41. The van der Waals surface area contributed by atoms with E-state index in [-0.39, 0.29) is 18.2 Å². The number of aromatic nitrogens is 3.